The molecule has 1 atom stereocenters. The van der Waals surface area contributed by atoms with Gasteiger partial charge in [0.25, 0.3) is 0 Å². The Morgan fingerprint density at radius 2 is 1.81 bits per heavy atom. The maximum atomic E-state index is 13.8. The van der Waals surface area contributed by atoms with Gasteiger partial charge in [-0.3, -0.25) is 4.79 Å². The van der Waals surface area contributed by atoms with E-state index in [9.17, 15) is 13.7 Å². The fraction of sp³-hybridized carbons (Fsp3) is 0.250. The number of rotatable bonds is 4. The van der Waals surface area contributed by atoms with E-state index in [4.69, 9.17) is 0 Å². The van der Waals surface area contributed by atoms with E-state index >= 15 is 0 Å². The summed E-state index contributed by atoms with van der Waals surface area (Å²) in [4.78, 5) is 14.8. The van der Waals surface area contributed by atoms with Gasteiger partial charge in [0.2, 0.25) is 5.91 Å². The predicted molar refractivity (Wildman–Crippen MR) is 109 cm³/mol. The van der Waals surface area contributed by atoms with Gasteiger partial charge >= 0.3 is 0 Å². The molecule has 0 saturated carbocycles. The van der Waals surface area contributed by atoms with Crippen LogP contribution in [0.15, 0.2) is 57.9 Å². The first-order valence-corrected chi connectivity index (χ1v) is 10.5. The third-order valence-electron chi connectivity index (χ3n) is 4.37. The van der Waals surface area contributed by atoms with Crippen LogP contribution in [0.5, 0.6) is 0 Å². The number of nitrogens with zero attached hydrogens (tertiary/aromatic N) is 2. The minimum atomic E-state index is -1.22. The lowest BCUT2D eigenvalue weighted by molar-refractivity contribution is -0.127. The average molecular weight is 451 g/mol. The van der Waals surface area contributed by atoms with Crippen LogP contribution in [0.3, 0.4) is 0 Å². The molecule has 4 nitrogen and oxygen atoms in total. The van der Waals surface area contributed by atoms with Crippen molar-refractivity contribution in [3.8, 4) is 0 Å². The summed E-state index contributed by atoms with van der Waals surface area (Å²) in [6, 6.07) is 12.2. The van der Waals surface area contributed by atoms with Crippen LogP contribution < -0.4 is 0 Å². The molecule has 1 heterocycles. The zero-order valence-electron chi connectivity index (χ0n) is 14.9. The Balaban J connectivity index is 1.56. The van der Waals surface area contributed by atoms with Crippen LogP contribution in [-0.4, -0.2) is 45.8 Å². The van der Waals surface area contributed by atoms with Gasteiger partial charge in [-0.1, -0.05) is 33.6 Å². The van der Waals surface area contributed by atoms with Gasteiger partial charge in [-0.15, -0.1) is 4.31 Å². The molecule has 0 aliphatic carbocycles. The highest BCUT2D eigenvalue weighted by molar-refractivity contribution is 9.10. The molecule has 1 fully saturated rings. The largest absolute Gasteiger partial charge is 0.593 e. The normalized spacial score (nSPS) is 16.7. The molecular weight excluding hydrogens is 431 g/mol. The third kappa shape index (κ3) is 5.19. The summed E-state index contributed by atoms with van der Waals surface area (Å²) in [7, 11) is 0. The minimum absolute atomic E-state index is 0.171. The van der Waals surface area contributed by atoms with Crippen molar-refractivity contribution in [2.24, 2.45) is 0 Å². The van der Waals surface area contributed by atoms with Gasteiger partial charge in [-0.2, -0.15) is 0 Å². The summed E-state index contributed by atoms with van der Waals surface area (Å²) < 4.78 is 29.0. The van der Waals surface area contributed by atoms with Crippen molar-refractivity contribution in [2.75, 3.05) is 26.2 Å². The van der Waals surface area contributed by atoms with Gasteiger partial charge in [-0.25, -0.2) is 4.39 Å². The SMILES string of the molecule is Cc1ccc([S+]([O-])N2CCN(C(=O)/C=C/c3cc(Br)ccc3F)CC2)cc1. The molecule has 7 heteroatoms. The highest BCUT2D eigenvalue weighted by atomic mass is 79.9. The number of benzene rings is 2. The topological polar surface area (TPSA) is 46.6 Å². The molecule has 2 aromatic rings. The summed E-state index contributed by atoms with van der Waals surface area (Å²) in [5, 5.41) is 0. The lowest BCUT2D eigenvalue weighted by atomic mass is 10.2. The smallest absolute Gasteiger partial charge is 0.246 e. The van der Waals surface area contributed by atoms with Crippen molar-refractivity contribution in [3.63, 3.8) is 0 Å². The molecule has 142 valence electrons. The van der Waals surface area contributed by atoms with Crippen molar-refractivity contribution >= 4 is 39.3 Å². The van der Waals surface area contributed by atoms with Crippen LogP contribution in [0.1, 0.15) is 11.1 Å². The van der Waals surface area contributed by atoms with E-state index in [1.165, 1.54) is 18.2 Å². The van der Waals surface area contributed by atoms with Crippen molar-refractivity contribution in [2.45, 2.75) is 11.8 Å². The van der Waals surface area contributed by atoms with Gasteiger partial charge < -0.3 is 9.45 Å². The number of hydrogen-bond donors (Lipinski definition) is 0. The fourth-order valence-corrected chi connectivity index (χ4v) is 4.33. The number of piperazine rings is 1. The van der Waals surface area contributed by atoms with Crippen molar-refractivity contribution in [1.82, 2.24) is 9.21 Å². The Morgan fingerprint density at radius 3 is 2.48 bits per heavy atom. The van der Waals surface area contributed by atoms with Gasteiger partial charge in [0.15, 0.2) is 4.90 Å². The number of halogens is 2. The molecule has 0 radical (unpaired) electrons. The molecule has 1 saturated heterocycles. The second-order valence-corrected chi connectivity index (χ2v) is 8.72. The molecule has 1 unspecified atom stereocenters. The van der Waals surface area contributed by atoms with E-state index in [1.807, 2.05) is 35.5 Å². The van der Waals surface area contributed by atoms with Crippen LogP contribution in [-0.2, 0) is 16.2 Å². The number of carbonyl (C=O) groups is 1. The van der Waals surface area contributed by atoms with Crippen LogP contribution in [0, 0.1) is 12.7 Å². The first-order chi connectivity index (χ1) is 12.9. The summed E-state index contributed by atoms with van der Waals surface area (Å²) >= 11 is 2.07. The number of hydrogen-bond acceptors (Lipinski definition) is 3. The molecule has 0 aromatic heterocycles. The number of carbonyl (C=O) groups excluding carboxylic acids is 1. The number of aryl methyl sites for hydroxylation is 1. The maximum Gasteiger partial charge on any atom is 0.246 e. The van der Waals surface area contributed by atoms with Gasteiger partial charge in [0.1, 0.15) is 5.82 Å². The lowest BCUT2D eigenvalue weighted by Crippen LogP contribution is -2.50. The maximum absolute atomic E-state index is 13.8. The summed E-state index contributed by atoms with van der Waals surface area (Å²) in [6.07, 6.45) is 2.87. The second kappa shape index (κ2) is 9.01. The zero-order chi connectivity index (χ0) is 19.4. The van der Waals surface area contributed by atoms with Crippen molar-refractivity contribution in [1.29, 1.82) is 0 Å². The molecule has 1 amide bonds. The third-order valence-corrected chi connectivity index (χ3v) is 6.37. The average Bonchev–Trinajstić information content (AvgIpc) is 2.68. The molecule has 1 aliphatic rings. The van der Waals surface area contributed by atoms with Crippen LogP contribution in [0.25, 0.3) is 6.08 Å². The number of amides is 1. The Kier molecular flexibility index (Phi) is 6.70. The second-order valence-electron chi connectivity index (χ2n) is 6.32. The Bertz CT molecular complexity index is 836. The van der Waals surface area contributed by atoms with Crippen molar-refractivity contribution < 1.29 is 13.7 Å². The van der Waals surface area contributed by atoms with E-state index in [2.05, 4.69) is 15.9 Å². The molecule has 3 rings (SSSR count). The molecule has 0 bridgehead atoms. The Hall–Kier alpha value is -1.67. The first kappa shape index (κ1) is 20.1. The molecule has 27 heavy (non-hydrogen) atoms. The van der Waals surface area contributed by atoms with Crippen LogP contribution in [0.2, 0.25) is 0 Å². The van der Waals surface area contributed by atoms with E-state index in [0.717, 1.165) is 14.9 Å². The van der Waals surface area contributed by atoms with E-state index in [-0.39, 0.29) is 11.7 Å². The molecule has 1 aliphatic heterocycles. The van der Waals surface area contributed by atoms with E-state index in [0.29, 0.717) is 31.7 Å². The van der Waals surface area contributed by atoms with Crippen molar-refractivity contribution in [3.05, 3.63) is 70.0 Å². The van der Waals surface area contributed by atoms with E-state index in [1.54, 1.807) is 17.0 Å². The minimum Gasteiger partial charge on any atom is -0.593 e. The quantitative estimate of drug-likeness (QED) is 0.525. The molecular formula is C20H20BrFN2O2S. The van der Waals surface area contributed by atoms with Crippen LogP contribution in [0.4, 0.5) is 4.39 Å². The van der Waals surface area contributed by atoms with Gasteiger partial charge in [0.05, 0.1) is 24.5 Å². The van der Waals surface area contributed by atoms with Crippen LogP contribution >= 0.6 is 15.9 Å². The monoisotopic (exact) mass is 450 g/mol. The Labute approximate surface area is 170 Å². The fourth-order valence-electron chi connectivity index (χ4n) is 2.79. The zero-order valence-corrected chi connectivity index (χ0v) is 17.3. The summed E-state index contributed by atoms with van der Waals surface area (Å²) in [5.41, 5.74) is 1.48. The lowest BCUT2D eigenvalue weighted by Gasteiger charge is -2.33. The predicted octanol–water partition coefficient (Wildman–Crippen LogP) is 3.78. The summed E-state index contributed by atoms with van der Waals surface area (Å²) in [6.45, 7) is 4.03. The molecule has 0 spiro atoms. The first-order valence-electron chi connectivity index (χ1n) is 8.59. The highest BCUT2D eigenvalue weighted by Crippen LogP contribution is 2.19. The van der Waals surface area contributed by atoms with E-state index < -0.39 is 11.4 Å². The highest BCUT2D eigenvalue weighted by Gasteiger charge is 2.28. The Morgan fingerprint density at radius 1 is 1.15 bits per heavy atom. The van der Waals surface area contributed by atoms with Gasteiger partial charge in [0, 0.05) is 29.2 Å². The molecule has 0 N–H and O–H groups in total. The standard InChI is InChI=1S/C20H20BrFN2O2S/c1-15-2-6-18(7-3-15)27(26)24-12-10-23(11-13-24)20(25)9-4-16-14-17(21)5-8-19(16)22/h2-9,14H,10-13H2,1H3/b9-4+. The molecule has 2 aromatic carbocycles. The van der Waals surface area contributed by atoms with Gasteiger partial charge in [-0.05, 0) is 43.3 Å². The summed E-state index contributed by atoms with van der Waals surface area (Å²) in [5.74, 6) is -0.546.